The number of rotatable bonds is 12. The highest BCUT2D eigenvalue weighted by Gasteiger charge is 2.50. The zero-order chi connectivity index (χ0) is 19.5. The second-order valence-corrected chi connectivity index (χ2v) is 6.47. The van der Waals surface area contributed by atoms with Gasteiger partial charge in [-0.25, -0.2) is 14.4 Å². The maximum Gasteiger partial charge on any atom is 0.679 e. The number of hydrogen-bond donors (Lipinski definition) is 0. The fraction of sp³-hybridized carbons (Fsp3) is 0.357. The lowest BCUT2D eigenvalue weighted by molar-refractivity contribution is -0.337. The fourth-order valence-corrected chi connectivity index (χ4v) is 2.55. The summed E-state index contributed by atoms with van der Waals surface area (Å²) in [6.07, 6.45) is 2.27. The van der Waals surface area contributed by atoms with Gasteiger partial charge in [-0.15, -0.1) is 0 Å². The van der Waals surface area contributed by atoms with Crippen LogP contribution in [0.2, 0.25) is 0 Å². The fourth-order valence-electron chi connectivity index (χ4n) is 1.34. The molecule has 0 heterocycles. The molecule has 0 radical (unpaired) electrons. The maximum atomic E-state index is 11.6. The van der Waals surface area contributed by atoms with Crippen LogP contribution in [0.3, 0.4) is 0 Å². The summed E-state index contributed by atoms with van der Waals surface area (Å²) in [7, 11) is 0.0525. The van der Waals surface area contributed by atoms with E-state index >= 15 is 0 Å². The van der Waals surface area contributed by atoms with Crippen molar-refractivity contribution in [1.29, 1.82) is 0 Å². The standard InChI is InChI=1S/C14H20O10Si/c1-7-11(15)22-14(23-12(16)8-2,24-13(17)9-3)10-21-25(18-4,19-5)20-6/h7-9H,1-3,10H2,4-6H3. The van der Waals surface area contributed by atoms with Crippen molar-refractivity contribution in [3.63, 3.8) is 0 Å². The van der Waals surface area contributed by atoms with Crippen molar-refractivity contribution in [2.45, 2.75) is 5.97 Å². The lowest BCUT2D eigenvalue weighted by Gasteiger charge is -2.32. The van der Waals surface area contributed by atoms with Crippen LogP contribution in [0.1, 0.15) is 0 Å². The number of carbonyl (C=O) groups is 3. The van der Waals surface area contributed by atoms with Gasteiger partial charge < -0.3 is 31.9 Å². The Kier molecular flexibility index (Phi) is 9.56. The molecule has 0 aromatic carbocycles. The second kappa shape index (κ2) is 10.5. The first-order chi connectivity index (χ1) is 11.8. The van der Waals surface area contributed by atoms with E-state index in [2.05, 4.69) is 19.7 Å². The van der Waals surface area contributed by atoms with Gasteiger partial charge >= 0.3 is 32.9 Å². The third kappa shape index (κ3) is 6.99. The van der Waals surface area contributed by atoms with Gasteiger partial charge in [0, 0.05) is 39.6 Å². The van der Waals surface area contributed by atoms with Crippen molar-refractivity contribution in [2.24, 2.45) is 0 Å². The Morgan fingerprint density at radius 2 is 1.12 bits per heavy atom. The first kappa shape index (κ1) is 22.7. The molecule has 0 N–H and O–H groups in total. The summed E-state index contributed by atoms with van der Waals surface area (Å²) in [5, 5.41) is 0. The van der Waals surface area contributed by atoms with Crippen molar-refractivity contribution in [1.82, 2.24) is 0 Å². The monoisotopic (exact) mass is 376 g/mol. The highest BCUT2D eigenvalue weighted by molar-refractivity contribution is 6.53. The van der Waals surface area contributed by atoms with Crippen molar-refractivity contribution < 1.29 is 46.3 Å². The van der Waals surface area contributed by atoms with E-state index in [0.29, 0.717) is 0 Å². The summed E-state index contributed by atoms with van der Waals surface area (Å²) in [6, 6.07) is 0. The molecule has 0 spiro atoms. The summed E-state index contributed by atoms with van der Waals surface area (Å²) in [4.78, 5) is 34.8. The summed E-state index contributed by atoms with van der Waals surface area (Å²) < 4.78 is 34.9. The van der Waals surface area contributed by atoms with E-state index in [0.717, 1.165) is 18.2 Å². The van der Waals surface area contributed by atoms with Crippen LogP contribution in [-0.2, 0) is 46.3 Å². The minimum Gasteiger partial charge on any atom is -0.383 e. The average Bonchev–Trinajstić information content (AvgIpc) is 2.62. The summed E-state index contributed by atoms with van der Waals surface area (Å²) >= 11 is 0. The first-order valence-corrected chi connectivity index (χ1v) is 8.24. The van der Waals surface area contributed by atoms with Gasteiger partial charge in [-0.05, 0) is 0 Å². The van der Waals surface area contributed by atoms with Crippen LogP contribution in [0.4, 0.5) is 0 Å². The average molecular weight is 376 g/mol. The Bertz CT molecular complexity index is 462. The first-order valence-electron chi connectivity index (χ1n) is 6.61. The van der Waals surface area contributed by atoms with Gasteiger partial charge in [0.25, 0.3) is 0 Å². The molecule has 0 fully saturated rings. The van der Waals surface area contributed by atoms with E-state index in [-0.39, 0.29) is 0 Å². The van der Waals surface area contributed by atoms with Gasteiger partial charge in [0.2, 0.25) is 0 Å². The predicted molar refractivity (Wildman–Crippen MR) is 84.3 cm³/mol. The van der Waals surface area contributed by atoms with Crippen LogP contribution in [0, 0.1) is 0 Å². The van der Waals surface area contributed by atoms with Gasteiger partial charge in [-0.2, -0.15) is 0 Å². The van der Waals surface area contributed by atoms with Gasteiger partial charge in [-0.3, -0.25) is 0 Å². The summed E-state index contributed by atoms with van der Waals surface area (Å²) in [6.45, 7) is 8.77. The molecule has 0 aliphatic heterocycles. The Hall–Kier alpha value is -2.31. The van der Waals surface area contributed by atoms with Crippen LogP contribution >= 0.6 is 0 Å². The van der Waals surface area contributed by atoms with Gasteiger partial charge in [0.05, 0.1) is 0 Å². The lowest BCUT2D eigenvalue weighted by atomic mass is 10.5. The molecule has 0 saturated carbocycles. The molecule has 0 aliphatic carbocycles. The number of hydrogen-bond acceptors (Lipinski definition) is 10. The van der Waals surface area contributed by atoms with Gasteiger partial charge in [0.1, 0.15) is 0 Å². The van der Waals surface area contributed by atoms with Crippen molar-refractivity contribution in [3.05, 3.63) is 38.0 Å². The van der Waals surface area contributed by atoms with E-state index in [1.54, 1.807) is 0 Å². The minimum absolute atomic E-state index is 0.756. The molecule has 0 saturated heterocycles. The van der Waals surface area contributed by atoms with E-state index in [1.165, 1.54) is 21.3 Å². The largest absolute Gasteiger partial charge is 0.679 e. The minimum atomic E-state index is -3.66. The van der Waals surface area contributed by atoms with Crippen LogP contribution in [0.5, 0.6) is 0 Å². The zero-order valence-corrected chi connectivity index (χ0v) is 15.1. The third-order valence-electron chi connectivity index (χ3n) is 2.44. The Morgan fingerprint density at radius 3 is 1.36 bits per heavy atom. The molecule has 0 aromatic heterocycles. The highest BCUT2D eigenvalue weighted by Crippen LogP contribution is 2.21. The SMILES string of the molecule is C=CC(=O)OC(CO[Si](OC)(OC)OC)(OC(=O)C=C)OC(=O)C=C. The predicted octanol–water partition coefficient (Wildman–Crippen LogP) is 0.219. The maximum absolute atomic E-state index is 11.6. The number of ether oxygens (including phenoxy) is 3. The number of carbonyl (C=O) groups excluding carboxylic acids is 3. The molecule has 0 unspecified atom stereocenters. The molecule has 0 aromatic rings. The topological polar surface area (TPSA) is 116 Å². The van der Waals surface area contributed by atoms with Crippen LogP contribution in [-0.4, -0.2) is 60.9 Å². The van der Waals surface area contributed by atoms with Crippen LogP contribution in [0.15, 0.2) is 38.0 Å². The van der Waals surface area contributed by atoms with E-state index in [9.17, 15) is 14.4 Å². The lowest BCUT2D eigenvalue weighted by Crippen LogP contribution is -2.54. The Morgan fingerprint density at radius 1 is 0.800 bits per heavy atom. The molecule has 11 heteroatoms. The molecule has 0 aliphatic rings. The molecule has 0 bridgehead atoms. The third-order valence-corrected chi connectivity index (χ3v) is 4.44. The van der Waals surface area contributed by atoms with E-state index < -0.39 is 39.5 Å². The molecule has 25 heavy (non-hydrogen) atoms. The normalized spacial score (nSPS) is 11.2. The van der Waals surface area contributed by atoms with Crippen LogP contribution < -0.4 is 0 Å². The molecule has 140 valence electrons. The molecular weight excluding hydrogens is 356 g/mol. The molecule has 0 rings (SSSR count). The van der Waals surface area contributed by atoms with Crippen molar-refractivity contribution in [2.75, 3.05) is 27.9 Å². The summed E-state index contributed by atoms with van der Waals surface area (Å²) in [5.41, 5.74) is 0. The zero-order valence-electron chi connectivity index (χ0n) is 14.1. The van der Waals surface area contributed by atoms with E-state index in [4.69, 9.17) is 31.9 Å². The van der Waals surface area contributed by atoms with Gasteiger partial charge in [-0.1, -0.05) is 19.7 Å². The quantitative estimate of drug-likeness (QED) is 0.203. The second-order valence-electron chi connectivity index (χ2n) is 3.96. The number of esters is 3. The Labute approximate surface area is 146 Å². The van der Waals surface area contributed by atoms with E-state index in [1.807, 2.05) is 0 Å². The molecule has 0 amide bonds. The smallest absolute Gasteiger partial charge is 0.383 e. The van der Waals surface area contributed by atoms with Crippen LogP contribution in [0.25, 0.3) is 0 Å². The highest BCUT2D eigenvalue weighted by atomic mass is 28.4. The van der Waals surface area contributed by atoms with Crippen molar-refractivity contribution >= 4 is 27.0 Å². The Balaban J connectivity index is 5.75. The van der Waals surface area contributed by atoms with Crippen molar-refractivity contribution in [3.8, 4) is 0 Å². The summed E-state index contributed by atoms with van der Waals surface area (Å²) in [5.74, 6) is -5.83. The van der Waals surface area contributed by atoms with Gasteiger partial charge in [0.15, 0.2) is 6.61 Å². The molecular formula is C14H20O10Si. The molecule has 10 nitrogen and oxygen atoms in total. The molecule has 0 atom stereocenters.